The highest BCUT2D eigenvalue weighted by Gasteiger charge is 2.16. The van der Waals surface area contributed by atoms with Crippen LogP contribution in [0.5, 0.6) is 0 Å². The molecule has 2 N–H and O–H groups in total. The van der Waals surface area contributed by atoms with Crippen LogP contribution in [0, 0.1) is 6.92 Å². The quantitative estimate of drug-likeness (QED) is 0.764. The number of hydrogen-bond donors (Lipinski definition) is 2. The predicted octanol–water partition coefficient (Wildman–Crippen LogP) is 2.32. The third-order valence-corrected chi connectivity index (χ3v) is 3.15. The van der Waals surface area contributed by atoms with E-state index in [0.717, 1.165) is 5.56 Å². The molecular weight excluding hydrogens is 308 g/mol. The molecule has 0 spiro atoms. The van der Waals surface area contributed by atoms with Gasteiger partial charge in [0.25, 0.3) is 0 Å². The Morgan fingerprint density at radius 3 is 2.71 bits per heavy atom. The number of benzene rings is 1. The van der Waals surface area contributed by atoms with Crippen LogP contribution in [-0.4, -0.2) is 35.1 Å². The molecule has 0 bridgehead atoms. The third-order valence-electron chi connectivity index (χ3n) is 3.15. The second-order valence-electron chi connectivity index (χ2n) is 5.18. The predicted molar refractivity (Wildman–Crippen MR) is 90.3 cm³/mol. The van der Waals surface area contributed by atoms with E-state index >= 15 is 0 Å². The molecule has 1 heterocycles. The van der Waals surface area contributed by atoms with Gasteiger partial charge in [-0.1, -0.05) is 41.6 Å². The van der Waals surface area contributed by atoms with Crippen LogP contribution in [0.25, 0.3) is 0 Å². The summed E-state index contributed by atoms with van der Waals surface area (Å²) in [6.45, 7) is 5.87. The monoisotopic (exact) mass is 328 g/mol. The summed E-state index contributed by atoms with van der Waals surface area (Å²) in [7, 11) is 0. The minimum atomic E-state index is -0.361. The molecule has 1 aromatic heterocycles. The number of carbonyl (C=O) groups excluding carboxylic acids is 2. The number of nitrogens with zero attached hydrogens (tertiary/aromatic N) is 2. The van der Waals surface area contributed by atoms with Gasteiger partial charge in [0.2, 0.25) is 5.91 Å². The van der Waals surface area contributed by atoms with Gasteiger partial charge in [0.15, 0.2) is 5.82 Å². The van der Waals surface area contributed by atoms with Gasteiger partial charge in [0, 0.05) is 19.2 Å². The fourth-order valence-corrected chi connectivity index (χ4v) is 2.04. The SMILES string of the molecule is C=CCN(CC(=O)Nc1cc(C)on1)C(=O)NCc1ccccc1. The van der Waals surface area contributed by atoms with Crippen molar-refractivity contribution in [2.45, 2.75) is 13.5 Å². The molecule has 0 saturated heterocycles. The molecule has 1 aromatic carbocycles. The number of nitrogens with one attached hydrogen (secondary N) is 2. The summed E-state index contributed by atoms with van der Waals surface area (Å²) in [6.07, 6.45) is 1.57. The zero-order valence-corrected chi connectivity index (χ0v) is 13.5. The van der Waals surface area contributed by atoms with Gasteiger partial charge < -0.3 is 20.1 Å². The van der Waals surface area contributed by atoms with Crippen molar-refractivity contribution in [3.63, 3.8) is 0 Å². The minimum Gasteiger partial charge on any atom is -0.360 e. The van der Waals surface area contributed by atoms with Crippen molar-refractivity contribution in [3.05, 3.63) is 60.4 Å². The molecule has 0 unspecified atom stereocenters. The lowest BCUT2D eigenvalue weighted by atomic mass is 10.2. The summed E-state index contributed by atoms with van der Waals surface area (Å²) in [6, 6.07) is 10.8. The van der Waals surface area contributed by atoms with Crippen molar-refractivity contribution in [3.8, 4) is 0 Å². The molecule has 0 atom stereocenters. The van der Waals surface area contributed by atoms with Gasteiger partial charge >= 0.3 is 6.03 Å². The topological polar surface area (TPSA) is 87.5 Å². The molecule has 0 aliphatic heterocycles. The molecule has 0 saturated carbocycles. The standard InChI is InChI=1S/C17H20N4O3/c1-3-9-21(12-16(22)19-15-10-13(2)24-20-15)17(23)18-11-14-7-5-4-6-8-14/h3-8,10H,1,9,11-12H2,2H3,(H,18,23)(H,19,20,22). The molecule has 3 amide bonds. The largest absolute Gasteiger partial charge is 0.360 e. The lowest BCUT2D eigenvalue weighted by Gasteiger charge is -2.20. The van der Waals surface area contributed by atoms with Gasteiger partial charge in [-0.05, 0) is 12.5 Å². The average Bonchev–Trinajstić information content (AvgIpc) is 2.98. The van der Waals surface area contributed by atoms with Gasteiger partial charge in [-0.3, -0.25) is 4.79 Å². The Balaban J connectivity index is 1.88. The number of amides is 3. The Kier molecular flexibility index (Phi) is 6.13. The molecule has 2 rings (SSSR count). The molecule has 0 aliphatic carbocycles. The molecule has 24 heavy (non-hydrogen) atoms. The number of aryl methyl sites for hydroxylation is 1. The van der Waals surface area contributed by atoms with Crippen LogP contribution in [0.2, 0.25) is 0 Å². The summed E-state index contributed by atoms with van der Waals surface area (Å²) in [4.78, 5) is 25.6. The number of anilines is 1. The van der Waals surface area contributed by atoms with Crippen molar-refractivity contribution in [1.82, 2.24) is 15.4 Å². The Morgan fingerprint density at radius 2 is 2.08 bits per heavy atom. The highest BCUT2D eigenvalue weighted by Crippen LogP contribution is 2.07. The molecular formula is C17H20N4O3. The van der Waals surface area contributed by atoms with Gasteiger partial charge in [-0.2, -0.15) is 0 Å². The van der Waals surface area contributed by atoms with E-state index in [4.69, 9.17) is 4.52 Å². The highest BCUT2D eigenvalue weighted by molar-refractivity contribution is 5.93. The summed E-state index contributed by atoms with van der Waals surface area (Å²) in [5, 5.41) is 9.05. The minimum absolute atomic E-state index is 0.113. The summed E-state index contributed by atoms with van der Waals surface area (Å²) >= 11 is 0. The third kappa shape index (κ3) is 5.28. The Hall–Kier alpha value is -3.09. The Morgan fingerprint density at radius 1 is 1.33 bits per heavy atom. The summed E-state index contributed by atoms with van der Waals surface area (Å²) < 4.78 is 4.88. The lowest BCUT2D eigenvalue weighted by Crippen LogP contribution is -2.43. The first-order valence-electron chi connectivity index (χ1n) is 7.49. The molecule has 2 aromatic rings. The van der Waals surface area contributed by atoms with E-state index in [9.17, 15) is 9.59 Å². The van der Waals surface area contributed by atoms with Crippen molar-refractivity contribution in [2.24, 2.45) is 0 Å². The zero-order chi connectivity index (χ0) is 17.4. The van der Waals surface area contributed by atoms with E-state index < -0.39 is 0 Å². The molecule has 7 heteroatoms. The number of carbonyl (C=O) groups is 2. The van der Waals surface area contributed by atoms with Crippen LogP contribution in [-0.2, 0) is 11.3 Å². The van der Waals surface area contributed by atoms with Crippen molar-refractivity contribution < 1.29 is 14.1 Å². The maximum atomic E-state index is 12.3. The van der Waals surface area contributed by atoms with E-state index in [0.29, 0.717) is 18.1 Å². The smallest absolute Gasteiger partial charge is 0.318 e. The van der Waals surface area contributed by atoms with Gasteiger partial charge in [0.05, 0.1) is 0 Å². The Bertz CT molecular complexity index is 697. The number of hydrogen-bond acceptors (Lipinski definition) is 4. The van der Waals surface area contributed by atoms with Crippen molar-refractivity contribution in [2.75, 3.05) is 18.4 Å². The first-order valence-corrected chi connectivity index (χ1v) is 7.49. The summed E-state index contributed by atoms with van der Waals surface area (Å²) in [5.74, 6) is 0.551. The summed E-state index contributed by atoms with van der Waals surface area (Å²) in [5.41, 5.74) is 0.979. The first-order chi connectivity index (χ1) is 11.6. The van der Waals surface area contributed by atoms with Gasteiger partial charge in [0.1, 0.15) is 12.3 Å². The van der Waals surface area contributed by atoms with Crippen LogP contribution < -0.4 is 10.6 Å². The van der Waals surface area contributed by atoms with Gasteiger partial charge in [-0.15, -0.1) is 6.58 Å². The van der Waals surface area contributed by atoms with E-state index in [-0.39, 0.29) is 25.0 Å². The molecule has 0 radical (unpaired) electrons. The lowest BCUT2D eigenvalue weighted by molar-refractivity contribution is -0.116. The molecule has 0 fully saturated rings. The van der Waals surface area contributed by atoms with Crippen LogP contribution >= 0.6 is 0 Å². The first kappa shape index (κ1) is 17.3. The van der Waals surface area contributed by atoms with Crippen LogP contribution in [0.15, 0.2) is 53.6 Å². The molecule has 7 nitrogen and oxygen atoms in total. The molecule has 126 valence electrons. The Labute approximate surface area is 140 Å². The molecule has 0 aliphatic rings. The van der Waals surface area contributed by atoms with E-state index in [1.165, 1.54) is 4.90 Å². The van der Waals surface area contributed by atoms with Crippen LogP contribution in [0.3, 0.4) is 0 Å². The van der Waals surface area contributed by atoms with Crippen molar-refractivity contribution in [1.29, 1.82) is 0 Å². The number of urea groups is 1. The maximum Gasteiger partial charge on any atom is 0.318 e. The van der Waals surface area contributed by atoms with Crippen molar-refractivity contribution >= 4 is 17.8 Å². The fraction of sp³-hybridized carbons (Fsp3) is 0.235. The van der Waals surface area contributed by atoms with E-state index in [1.54, 1.807) is 19.1 Å². The van der Waals surface area contributed by atoms with E-state index in [1.807, 2.05) is 30.3 Å². The maximum absolute atomic E-state index is 12.3. The number of rotatable bonds is 7. The fourth-order valence-electron chi connectivity index (χ4n) is 2.04. The zero-order valence-electron chi connectivity index (χ0n) is 13.5. The highest BCUT2D eigenvalue weighted by atomic mass is 16.5. The van der Waals surface area contributed by atoms with E-state index in [2.05, 4.69) is 22.4 Å². The van der Waals surface area contributed by atoms with Crippen LogP contribution in [0.4, 0.5) is 10.6 Å². The average molecular weight is 328 g/mol. The second-order valence-corrected chi connectivity index (χ2v) is 5.18. The van der Waals surface area contributed by atoms with Gasteiger partial charge in [-0.25, -0.2) is 4.79 Å². The van der Waals surface area contributed by atoms with Crippen LogP contribution in [0.1, 0.15) is 11.3 Å². The normalized spacial score (nSPS) is 10.0. The number of aromatic nitrogens is 1. The second kappa shape index (κ2) is 8.52.